The van der Waals surface area contributed by atoms with E-state index in [2.05, 4.69) is 30.8 Å². The molecule has 11 heteroatoms. The SMILES string of the molecule is O=CCNC(=O)CN1[C@@H]2CC[C@H]1c1cc(Nc3ncc(C(F)(F)F)c(NC4CCC4)n3)ccc12. The average molecular weight is 474 g/mol. The fourth-order valence-corrected chi connectivity index (χ4v) is 5.01. The minimum absolute atomic E-state index is 0.00545. The van der Waals surface area contributed by atoms with Crippen LogP contribution >= 0.6 is 0 Å². The highest BCUT2D eigenvalue weighted by Gasteiger charge is 2.44. The number of fused-ring (bicyclic) bond motifs is 5. The molecule has 34 heavy (non-hydrogen) atoms. The Morgan fingerprint density at radius 3 is 2.59 bits per heavy atom. The molecule has 0 spiro atoms. The number of anilines is 3. The number of carbonyl (C=O) groups excluding carboxylic acids is 2. The first-order valence-electron chi connectivity index (χ1n) is 11.4. The van der Waals surface area contributed by atoms with Gasteiger partial charge in [-0.3, -0.25) is 9.69 Å². The number of halogens is 3. The molecule has 1 saturated heterocycles. The Labute approximate surface area is 194 Å². The summed E-state index contributed by atoms with van der Waals surface area (Å²) in [6.07, 6.45) is 1.41. The number of amides is 1. The predicted molar refractivity (Wildman–Crippen MR) is 119 cm³/mol. The van der Waals surface area contributed by atoms with E-state index < -0.39 is 11.7 Å². The van der Waals surface area contributed by atoms with Crippen molar-refractivity contribution in [2.24, 2.45) is 0 Å². The molecule has 1 amide bonds. The second-order valence-corrected chi connectivity index (χ2v) is 8.95. The molecular formula is C23H25F3N6O2. The second-order valence-electron chi connectivity index (χ2n) is 8.95. The first-order chi connectivity index (χ1) is 16.3. The molecule has 3 aliphatic rings. The van der Waals surface area contributed by atoms with Gasteiger partial charge in [0.2, 0.25) is 11.9 Å². The fourth-order valence-electron chi connectivity index (χ4n) is 5.01. The Balaban J connectivity index is 1.34. The van der Waals surface area contributed by atoms with E-state index in [0.717, 1.165) is 49.4 Å². The van der Waals surface area contributed by atoms with Crippen molar-refractivity contribution >= 4 is 29.6 Å². The Bertz CT molecular complexity index is 1100. The average Bonchev–Trinajstić information content (AvgIpc) is 3.29. The summed E-state index contributed by atoms with van der Waals surface area (Å²) in [6, 6.07) is 5.99. The number of carbonyl (C=O) groups is 2. The molecule has 180 valence electrons. The summed E-state index contributed by atoms with van der Waals surface area (Å²) in [5, 5.41) is 8.52. The Morgan fingerprint density at radius 2 is 1.91 bits per heavy atom. The topological polar surface area (TPSA) is 99.3 Å². The molecule has 1 aliphatic carbocycles. The van der Waals surface area contributed by atoms with Crippen molar-refractivity contribution in [2.75, 3.05) is 23.7 Å². The van der Waals surface area contributed by atoms with E-state index in [9.17, 15) is 22.8 Å². The maximum absolute atomic E-state index is 13.4. The molecule has 2 bridgehead atoms. The molecule has 1 aromatic carbocycles. The van der Waals surface area contributed by atoms with Crippen LogP contribution in [0.4, 0.5) is 30.6 Å². The molecule has 1 saturated carbocycles. The van der Waals surface area contributed by atoms with E-state index in [-0.39, 0.29) is 48.9 Å². The first kappa shape index (κ1) is 22.6. The van der Waals surface area contributed by atoms with Crippen LogP contribution in [0.25, 0.3) is 0 Å². The summed E-state index contributed by atoms with van der Waals surface area (Å²) >= 11 is 0. The number of rotatable bonds is 8. The van der Waals surface area contributed by atoms with Gasteiger partial charge in [-0.1, -0.05) is 6.07 Å². The zero-order valence-corrected chi connectivity index (χ0v) is 18.4. The van der Waals surface area contributed by atoms with Gasteiger partial charge in [0.1, 0.15) is 17.7 Å². The molecule has 0 radical (unpaired) electrons. The lowest BCUT2D eigenvalue weighted by Crippen LogP contribution is -2.36. The minimum atomic E-state index is -4.54. The number of hydrogen-bond donors (Lipinski definition) is 3. The second kappa shape index (κ2) is 8.86. The highest BCUT2D eigenvalue weighted by Crippen LogP contribution is 2.53. The summed E-state index contributed by atoms with van der Waals surface area (Å²) < 4.78 is 40.3. The van der Waals surface area contributed by atoms with Crippen LogP contribution in [0.15, 0.2) is 24.4 Å². The van der Waals surface area contributed by atoms with Crippen molar-refractivity contribution in [3.63, 3.8) is 0 Å². The van der Waals surface area contributed by atoms with Gasteiger partial charge in [0.15, 0.2) is 0 Å². The smallest absolute Gasteiger partial charge is 0.367 e. The van der Waals surface area contributed by atoms with Crippen LogP contribution in [0.5, 0.6) is 0 Å². The van der Waals surface area contributed by atoms with Gasteiger partial charge in [-0.05, 0) is 55.4 Å². The highest BCUT2D eigenvalue weighted by molar-refractivity contribution is 5.80. The molecule has 2 aliphatic heterocycles. The minimum Gasteiger partial charge on any atom is -0.367 e. The number of alkyl halides is 3. The monoisotopic (exact) mass is 474 g/mol. The Kier molecular flexibility index (Phi) is 5.88. The number of aromatic nitrogens is 2. The zero-order chi connectivity index (χ0) is 23.9. The largest absolute Gasteiger partial charge is 0.421 e. The van der Waals surface area contributed by atoms with E-state index in [1.165, 1.54) is 0 Å². The van der Waals surface area contributed by atoms with Crippen molar-refractivity contribution in [2.45, 2.75) is 56.4 Å². The van der Waals surface area contributed by atoms with Gasteiger partial charge in [-0.15, -0.1) is 0 Å². The van der Waals surface area contributed by atoms with Gasteiger partial charge >= 0.3 is 6.18 Å². The molecule has 8 nitrogen and oxygen atoms in total. The van der Waals surface area contributed by atoms with Crippen LogP contribution in [0.2, 0.25) is 0 Å². The molecule has 1 aromatic heterocycles. The molecule has 2 fully saturated rings. The summed E-state index contributed by atoms with van der Waals surface area (Å²) in [5.41, 5.74) is 2.03. The van der Waals surface area contributed by atoms with Crippen LogP contribution in [0, 0.1) is 0 Å². The molecule has 2 aromatic rings. The lowest BCUT2D eigenvalue weighted by molar-refractivity contribution is -0.137. The van der Waals surface area contributed by atoms with Gasteiger partial charge in [-0.25, -0.2) is 4.98 Å². The normalized spacial score (nSPS) is 21.6. The molecular weight excluding hydrogens is 449 g/mol. The lowest BCUT2D eigenvalue weighted by Gasteiger charge is -2.28. The number of nitrogens with one attached hydrogen (secondary N) is 3. The third-order valence-electron chi connectivity index (χ3n) is 6.82. The molecule has 0 unspecified atom stereocenters. The van der Waals surface area contributed by atoms with E-state index in [0.29, 0.717) is 12.0 Å². The first-order valence-corrected chi connectivity index (χ1v) is 11.4. The summed E-state index contributed by atoms with van der Waals surface area (Å²) in [7, 11) is 0. The van der Waals surface area contributed by atoms with E-state index in [1.807, 2.05) is 18.2 Å². The number of nitrogens with zero attached hydrogens (tertiary/aromatic N) is 3. The lowest BCUT2D eigenvalue weighted by atomic mass is 9.91. The summed E-state index contributed by atoms with van der Waals surface area (Å²) in [4.78, 5) is 32.8. The number of aldehydes is 1. The van der Waals surface area contributed by atoms with Crippen LogP contribution in [-0.4, -0.2) is 46.2 Å². The summed E-state index contributed by atoms with van der Waals surface area (Å²) in [5.74, 6) is -0.315. The van der Waals surface area contributed by atoms with Crippen molar-refractivity contribution < 1.29 is 22.8 Å². The Morgan fingerprint density at radius 1 is 1.15 bits per heavy atom. The van der Waals surface area contributed by atoms with Gasteiger partial charge in [0.05, 0.1) is 13.1 Å². The van der Waals surface area contributed by atoms with Crippen LogP contribution < -0.4 is 16.0 Å². The van der Waals surface area contributed by atoms with Gasteiger partial charge < -0.3 is 20.7 Å². The fraction of sp³-hybridized carbons (Fsp3) is 0.478. The van der Waals surface area contributed by atoms with Crippen molar-refractivity contribution in [1.29, 1.82) is 0 Å². The van der Waals surface area contributed by atoms with Gasteiger partial charge in [0, 0.05) is 30.0 Å². The molecule has 3 N–H and O–H groups in total. The van der Waals surface area contributed by atoms with Crippen molar-refractivity contribution in [3.8, 4) is 0 Å². The Hall–Kier alpha value is -3.21. The quantitative estimate of drug-likeness (QED) is 0.502. The van der Waals surface area contributed by atoms with Gasteiger partial charge in [0.25, 0.3) is 0 Å². The maximum Gasteiger partial charge on any atom is 0.421 e. The zero-order valence-electron chi connectivity index (χ0n) is 18.4. The maximum atomic E-state index is 13.4. The van der Waals surface area contributed by atoms with Crippen molar-refractivity contribution in [1.82, 2.24) is 20.2 Å². The predicted octanol–water partition coefficient (Wildman–Crippen LogP) is 3.71. The number of benzene rings is 1. The van der Waals surface area contributed by atoms with Crippen molar-refractivity contribution in [3.05, 3.63) is 41.1 Å². The molecule has 5 rings (SSSR count). The van der Waals surface area contributed by atoms with E-state index in [1.54, 1.807) is 0 Å². The standard InChI is InChI=1S/C23H25F3N6O2/c24-23(25,26)17-11-28-22(31-21(17)29-13-2-1-3-13)30-14-4-5-15-16(10-14)19-7-6-18(15)32(19)12-20(34)27-8-9-33/h4-5,9-11,13,18-19H,1-3,6-8,12H2,(H,27,34)(H2,28,29,30,31)/t18-,19+/m1/s1. The van der Waals surface area contributed by atoms with E-state index >= 15 is 0 Å². The summed E-state index contributed by atoms with van der Waals surface area (Å²) in [6.45, 7) is 0.201. The third kappa shape index (κ3) is 4.31. The van der Waals surface area contributed by atoms with Gasteiger partial charge in [-0.2, -0.15) is 18.2 Å². The van der Waals surface area contributed by atoms with Crippen LogP contribution in [0.3, 0.4) is 0 Å². The third-order valence-corrected chi connectivity index (χ3v) is 6.82. The van der Waals surface area contributed by atoms with Crippen LogP contribution in [0.1, 0.15) is 60.9 Å². The molecule has 2 atom stereocenters. The number of hydrogen-bond acceptors (Lipinski definition) is 7. The molecule has 3 heterocycles. The highest BCUT2D eigenvalue weighted by atomic mass is 19.4. The van der Waals surface area contributed by atoms with E-state index in [4.69, 9.17) is 0 Å². The van der Waals surface area contributed by atoms with Crippen LogP contribution in [-0.2, 0) is 15.8 Å².